The minimum absolute atomic E-state index is 0.00327. The van der Waals surface area contributed by atoms with Crippen molar-refractivity contribution in [2.75, 3.05) is 62.4 Å². The molecule has 8 heteroatoms. The van der Waals surface area contributed by atoms with Crippen LogP contribution in [0, 0.1) is 0 Å². The van der Waals surface area contributed by atoms with Gasteiger partial charge in [0.2, 0.25) is 0 Å². The van der Waals surface area contributed by atoms with Crippen LogP contribution in [-0.4, -0.2) is 75.3 Å². The number of hydrogen-bond acceptors (Lipinski definition) is 8. The number of carbonyl (C=O) groups is 2. The third kappa shape index (κ3) is 7.63. The summed E-state index contributed by atoms with van der Waals surface area (Å²) in [4.78, 5) is 29.0. The molecule has 38 heavy (non-hydrogen) atoms. The van der Waals surface area contributed by atoms with Crippen LogP contribution in [0.3, 0.4) is 0 Å². The molecule has 0 saturated carbocycles. The zero-order chi connectivity index (χ0) is 27.8. The van der Waals surface area contributed by atoms with Crippen LogP contribution in [0.4, 0.5) is 11.4 Å². The molecular formula is C30H44N4O4. The Hall–Kier alpha value is -2.78. The Morgan fingerprint density at radius 1 is 0.658 bits per heavy atom. The number of rotatable bonds is 8. The molecule has 0 spiro atoms. The van der Waals surface area contributed by atoms with E-state index in [1.807, 2.05) is 62.4 Å². The molecule has 2 saturated heterocycles. The highest BCUT2D eigenvalue weighted by Crippen LogP contribution is 2.21. The van der Waals surface area contributed by atoms with Gasteiger partial charge in [0.25, 0.3) is 0 Å². The maximum absolute atomic E-state index is 12.2. The van der Waals surface area contributed by atoms with Crippen molar-refractivity contribution in [2.24, 2.45) is 11.5 Å². The molecule has 208 valence electrons. The molecule has 4 rings (SSSR count). The lowest BCUT2D eigenvalue weighted by atomic mass is 9.90. The zero-order valence-electron chi connectivity index (χ0n) is 23.4. The lowest BCUT2D eigenvalue weighted by Crippen LogP contribution is -2.44. The van der Waals surface area contributed by atoms with E-state index in [1.54, 1.807) is 13.8 Å². The zero-order valence-corrected chi connectivity index (χ0v) is 23.4. The Kier molecular flexibility index (Phi) is 10.4. The summed E-state index contributed by atoms with van der Waals surface area (Å²) in [7, 11) is 0. The number of benzene rings is 2. The molecule has 2 aliphatic rings. The van der Waals surface area contributed by atoms with Crippen molar-refractivity contribution in [3.8, 4) is 0 Å². The SMILES string of the molecule is CCC(C)(N)C(=O)c1ccc(N2CCOCC2)cc1.CCC(C)(N)C(=O)c1ccc(N2CCOCC2)cc1. The fraction of sp³-hybridized carbons (Fsp3) is 0.533. The molecule has 0 aliphatic carbocycles. The van der Waals surface area contributed by atoms with Gasteiger partial charge in [-0.3, -0.25) is 9.59 Å². The fourth-order valence-electron chi connectivity index (χ4n) is 4.27. The Balaban J connectivity index is 0.000000211. The Morgan fingerprint density at radius 3 is 1.21 bits per heavy atom. The summed E-state index contributed by atoms with van der Waals surface area (Å²) in [6, 6.07) is 15.4. The number of hydrogen-bond donors (Lipinski definition) is 2. The number of morpholine rings is 2. The summed E-state index contributed by atoms with van der Waals surface area (Å²) in [5.41, 5.74) is 14.1. The second kappa shape index (κ2) is 13.3. The van der Waals surface area contributed by atoms with Gasteiger partial charge < -0.3 is 30.7 Å². The Bertz CT molecular complexity index is 953. The maximum atomic E-state index is 12.2. The second-order valence-electron chi connectivity index (χ2n) is 10.5. The van der Waals surface area contributed by atoms with Gasteiger partial charge in [0, 0.05) is 48.7 Å². The molecule has 2 aromatic rings. The average Bonchev–Trinajstić information content (AvgIpc) is 2.97. The molecule has 0 bridgehead atoms. The van der Waals surface area contributed by atoms with Crippen LogP contribution in [0.2, 0.25) is 0 Å². The van der Waals surface area contributed by atoms with Gasteiger partial charge in [0.1, 0.15) is 0 Å². The number of nitrogens with zero attached hydrogens (tertiary/aromatic N) is 2. The van der Waals surface area contributed by atoms with Crippen LogP contribution in [0.1, 0.15) is 61.3 Å². The smallest absolute Gasteiger partial charge is 0.182 e. The normalized spacial score (nSPS) is 19.0. The number of nitrogens with two attached hydrogens (primary N) is 2. The lowest BCUT2D eigenvalue weighted by molar-refractivity contribution is 0.0891. The first-order valence-corrected chi connectivity index (χ1v) is 13.6. The molecule has 0 amide bonds. The monoisotopic (exact) mass is 524 g/mol. The third-order valence-corrected chi connectivity index (χ3v) is 7.52. The second-order valence-corrected chi connectivity index (χ2v) is 10.5. The van der Waals surface area contributed by atoms with Gasteiger partial charge in [0.15, 0.2) is 11.6 Å². The van der Waals surface area contributed by atoms with Gasteiger partial charge >= 0.3 is 0 Å². The van der Waals surface area contributed by atoms with Gasteiger partial charge in [-0.2, -0.15) is 0 Å². The van der Waals surface area contributed by atoms with E-state index in [1.165, 1.54) is 0 Å². The summed E-state index contributed by atoms with van der Waals surface area (Å²) < 4.78 is 10.7. The van der Waals surface area contributed by atoms with E-state index in [0.29, 0.717) is 24.0 Å². The van der Waals surface area contributed by atoms with E-state index in [9.17, 15) is 9.59 Å². The number of Topliss-reactive ketones (excluding diaryl/α,β-unsaturated/α-hetero) is 2. The van der Waals surface area contributed by atoms with Gasteiger partial charge in [-0.25, -0.2) is 0 Å². The molecular weight excluding hydrogens is 480 g/mol. The van der Waals surface area contributed by atoms with Crippen molar-refractivity contribution >= 4 is 22.9 Å². The first-order valence-electron chi connectivity index (χ1n) is 13.6. The number of anilines is 2. The van der Waals surface area contributed by atoms with Gasteiger partial charge in [-0.15, -0.1) is 0 Å². The molecule has 2 fully saturated rings. The van der Waals surface area contributed by atoms with Crippen LogP contribution in [0.25, 0.3) is 0 Å². The molecule has 2 heterocycles. The minimum Gasteiger partial charge on any atom is -0.378 e. The predicted octanol–water partition coefficient (Wildman–Crippen LogP) is 3.67. The maximum Gasteiger partial charge on any atom is 0.182 e. The van der Waals surface area contributed by atoms with E-state index >= 15 is 0 Å². The van der Waals surface area contributed by atoms with Crippen LogP contribution in [0.5, 0.6) is 0 Å². The minimum atomic E-state index is -0.777. The van der Waals surface area contributed by atoms with Crippen molar-refractivity contribution in [3.05, 3.63) is 59.7 Å². The molecule has 8 nitrogen and oxygen atoms in total. The Labute approximate surface area is 227 Å². The van der Waals surface area contributed by atoms with Crippen LogP contribution in [0.15, 0.2) is 48.5 Å². The van der Waals surface area contributed by atoms with Crippen molar-refractivity contribution < 1.29 is 19.1 Å². The summed E-state index contributed by atoms with van der Waals surface area (Å²) in [6.45, 7) is 14.1. The highest BCUT2D eigenvalue weighted by Gasteiger charge is 2.28. The predicted molar refractivity (Wildman–Crippen MR) is 153 cm³/mol. The first-order chi connectivity index (χ1) is 18.1. The molecule has 2 atom stereocenters. The summed E-state index contributed by atoms with van der Waals surface area (Å²) in [5, 5.41) is 0. The van der Waals surface area contributed by atoms with Crippen molar-refractivity contribution in [1.29, 1.82) is 0 Å². The summed E-state index contributed by atoms with van der Waals surface area (Å²) in [5.74, 6) is 0.00653. The first kappa shape index (κ1) is 29.8. The Morgan fingerprint density at radius 2 is 0.947 bits per heavy atom. The summed E-state index contributed by atoms with van der Waals surface area (Å²) >= 11 is 0. The standard InChI is InChI=1S/2C15H22N2O2/c2*1-3-15(2,16)14(18)12-4-6-13(7-5-12)17-8-10-19-11-9-17/h2*4-7H,3,8-11,16H2,1-2H3. The van der Waals surface area contributed by atoms with Gasteiger partial charge in [0.05, 0.1) is 37.5 Å². The highest BCUT2D eigenvalue weighted by atomic mass is 16.5. The lowest BCUT2D eigenvalue weighted by Gasteiger charge is -2.29. The van der Waals surface area contributed by atoms with Crippen LogP contribution in [-0.2, 0) is 9.47 Å². The summed E-state index contributed by atoms with van der Waals surface area (Å²) in [6.07, 6.45) is 1.27. The third-order valence-electron chi connectivity index (χ3n) is 7.52. The van der Waals surface area contributed by atoms with Crippen molar-refractivity contribution in [1.82, 2.24) is 0 Å². The number of ketones is 2. The van der Waals surface area contributed by atoms with E-state index in [4.69, 9.17) is 20.9 Å². The van der Waals surface area contributed by atoms with Crippen LogP contribution < -0.4 is 21.3 Å². The number of ether oxygens (including phenoxy) is 2. The van der Waals surface area contributed by atoms with E-state index in [0.717, 1.165) is 64.0 Å². The molecule has 2 aliphatic heterocycles. The fourth-order valence-corrected chi connectivity index (χ4v) is 4.27. The molecule has 2 aromatic carbocycles. The number of carbonyl (C=O) groups excluding carboxylic acids is 2. The molecule has 0 aromatic heterocycles. The largest absolute Gasteiger partial charge is 0.378 e. The van der Waals surface area contributed by atoms with E-state index in [-0.39, 0.29) is 11.6 Å². The quantitative estimate of drug-likeness (QED) is 0.503. The van der Waals surface area contributed by atoms with E-state index < -0.39 is 11.1 Å². The van der Waals surface area contributed by atoms with Gasteiger partial charge in [-0.1, -0.05) is 13.8 Å². The highest BCUT2D eigenvalue weighted by molar-refractivity contribution is 6.03. The molecule has 0 radical (unpaired) electrons. The van der Waals surface area contributed by atoms with E-state index in [2.05, 4.69) is 9.80 Å². The van der Waals surface area contributed by atoms with Crippen LogP contribution >= 0.6 is 0 Å². The van der Waals surface area contributed by atoms with Crippen molar-refractivity contribution in [3.63, 3.8) is 0 Å². The topological polar surface area (TPSA) is 111 Å². The molecule has 2 unspecified atom stereocenters. The van der Waals surface area contributed by atoms with Crippen molar-refractivity contribution in [2.45, 2.75) is 51.6 Å². The molecule has 4 N–H and O–H groups in total. The average molecular weight is 525 g/mol. The van der Waals surface area contributed by atoms with Gasteiger partial charge in [-0.05, 0) is 75.2 Å².